The van der Waals surface area contributed by atoms with Gasteiger partial charge in [-0.1, -0.05) is 17.4 Å². The summed E-state index contributed by atoms with van der Waals surface area (Å²) in [5.74, 6) is 0. The van der Waals surface area contributed by atoms with Crippen LogP contribution in [0.15, 0.2) is 24.4 Å². The van der Waals surface area contributed by atoms with Crippen LogP contribution < -0.4 is 0 Å². The Kier molecular flexibility index (Phi) is 2.61. The summed E-state index contributed by atoms with van der Waals surface area (Å²) in [6.45, 7) is 5.96. The molecule has 2 aromatic heterocycles. The minimum atomic E-state index is -0.318. The maximum Gasteiger partial charge on any atom is 0.194 e. The summed E-state index contributed by atoms with van der Waals surface area (Å²) in [6, 6.07) is 8.78. The number of benzene rings is 1. The topological polar surface area (TPSA) is 41.1 Å². The number of rotatable bonds is 2. The van der Waals surface area contributed by atoms with Crippen LogP contribution in [0.25, 0.3) is 15.2 Å². The van der Waals surface area contributed by atoms with Crippen LogP contribution in [0.4, 0.5) is 0 Å². The number of nitriles is 1. The van der Waals surface area contributed by atoms with Crippen molar-refractivity contribution in [2.45, 2.75) is 27.2 Å². The summed E-state index contributed by atoms with van der Waals surface area (Å²) in [5, 5.41) is 9.12. The summed E-state index contributed by atoms with van der Waals surface area (Å²) >= 11 is 1.70. The Morgan fingerprint density at radius 1 is 1.42 bits per heavy atom. The van der Waals surface area contributed by atoms with Crippen molar-refractivity contribution >= 4 is 26.5 Å². The van der Waals surface area contributed by atoms with Gasteiger partial charge in [0.05, 0.1) is 27.4 Å². The van der Waals surface area contributed by atoms with E-state index in [0.29, 0.717) is 0 Å². The Morgan fingerprint density at radius 2 is 2.21 bits per heavy atom. The highest BCUT2D eigenvalue weighted by molar-refractivity contribution is 7.23. The number of thiazole rings is 1. The Bertz CT molecular complexity index is 802. The molecule has 0 saturated heterocycles. The zero-order valence-corrected chi connectivity index (χ0v) is 12.1. The van der Waals surface area contributed by atoms with Crippen molar-refractivity contribution in [2.75, 3.05) is 0 Å². The molecule has 0 atom stereocenters. The van der Waals surface area contributed by atoms with Crippen LogP contribution in [0, 0.1) is 23.7 Å². The van der Waals surface area contributed by atoms with Gasteiger partial charge in [-0.25, -0.2) is 4.98 Å². The second-order valence-corrected chi connectivity index (χ2v) is 6.62. The molecular formula is C15H15N3S. The summed E-state index contributed by atoms with van der Waals surface area (Å²) < 4.78 is 3.36. The van der Waals surface area contributed by atoms with Crippen molar-refractivity contribution in [1.82, 2.24) is 9.38 Å². The molecule has 3 aromatic rings. The zero-order valence-electron chi connectivity index (χ0n) is 11.3. The number of hydrogen-bond acceptors (Lipinski definition) is 3. The first kappa shape index (κ1) is 12.2. The molecule has 0 aliphatic rings. The maximum absolute atomic E-state index is 9.12. The Balaban J connectivity index is 2.09. The van der Waals surface area contributed by atoms with E-state index in [1.165, 1.54) is 15.8 Å². The fourth-order valence-electron chi connectivity index (χ4n) is 2.32. The number of aromatic nitrogens is 2. The number of nitrogens with zero attached hydrogens (tertiary/aromatic N) is 3. The lowest BCUT2D eigenvalue weighted by Gasteiger charge is -2.14. The number of imidazole rings is 1. The fraction of sp³-hybridized carbons (Fsp3) is 0.333. The van der Waals surface area contributed by atoms with Gasteiger partial charge in [0.15, 0.2) is 4.96 Å². The molecule has 0 spiro atoms. The summed E-state index contributed by atoms with van der Waals surface area (Å²) in [5.41, 5.74) is 3.13. The summed E-state index contributed by atoms with van der Waals surface area (Å²) in [4.78, 5) is 5.53. The van der Waals surface area contributed by atoms with Gasteiger partial charge in [0.1, 0.15) is 0 Å². The van der Waals surface area contributed by atoms with Crippen molar-refractivity contribution in [3.05, 3.63) is 35.7 Å². The van der Waals surface area contributed by atoms with E-state index in [4.69, 9.17) is 5.26 Å². The van der Waals surface area contributed by atoms with E-state index in [-0.39, 0.29) is 5.41 Å². The van der Waals surface area contributed by atoms with E-state index >= 15 is 0 Å². The van der Waals surface area contributed by atoms with Gasteiger partial charge in [0.25, 0.3) is 0 Å². The van der Waals surface area contributed by atoms with Gasteiger partial charge in [0.2, 0.25) is 0 Å². The van der Waals surface area contributed by atoms with Gasteiger partial charge < -0.3 is 0 Å². The van der Waals surface area contributed by atoms with Crippen LogP contribution in [0.1, 0.15) is 25.1 Å². The standard InChI is InChI=1S/C15H15N3S/c1-10-8-18-12-5-4-11(7-15(2,3)9-16)6-13(12)19-14(18)17-10/h4-6,8H,7H2,1-3H3. The highest BCUT2D eigenvalue weighted by Gasteiger charge is 2.18. The first-order valence-electron chi connectivity index (χ1n) is 6.27. The molecule has 96 valence electrons. The van der Waals surface area contributed by atoms with E-state index in [2.05, 4.69) is 39.8 Å². The average molecular weight is 269 g/mol. The van der Waals surface area contributed by atoms with Crippen molar-refractivity contribution in [2.24, 2.45) is 5.41 Å². The second-order valence-electron chi connectivity index (χ2n) is 5.61. The van der Waals surface area contributed by atoms with Crippen LogP contribution in [-0.2, 0) is 6.42 Å². The van der Waals surface area contributed by atoms with E-state index in [1.54, 1.807) is 11.3 Å². The quantitative estimate of drug-likeness (QED) is 0.706. The fourth-order valence-corrected chi connectivity index (χ4v) is 3.43. The molecule has 2 heterocycles. The highest BCUT2D eigenvalue weighted by atomic mass is 32.1. The van der Waals surface area contributed by atoms with Crippen LogP contribution in [0.2, 0.25) is 0 Å². The molecule has 0 N–H and O–H groups in total. The van der Waals surface area contributed by atoms with Crippen molar-refractivity contribution in [3.63, 3.8) is 0 Å². The van der Waals surface area contributed by atoms with Gasteiger partial charge in [0, 0.05) is 6.20 Å². The molecule has 3 rings (SSSR count). The Labute approximate surface area is 116 Å². The van der Waals surface area contributed by atoms with Crippen LogP contribution >= 0.6 is 11.3 Å². The van der Waals surface area contributed by atoms with Crippen LogP contribution in [0.5, 0.6) is 0 Å². The molecule has 0 saturated carbocycles. The lowest BCUT2D eigenvalue weighted by Crippen LogP contribution is -2.11. The van der Waals surface area contributed by atoms with E-state index in [0.717, 1.165) is 17.1 Å². The minimum Gasteiger partial charge on any atom is -0.290 e. The maximum atomic E-state index is 9.12. The van der Waals surface area contributed by atoms with Crippen LogP contribution in [0.3, 0.4) is 0 Å². The summed E-state index contributed by atoms with van der Waals surface area (Å²) in [6.07, 6.45) is 2.84. The molecule has 0 radical (unpaired) electrons. The number of aryl methyl sites for hydroxylation is 1. The van der Waals surface area contributed by atoms with Gasteiger partial charge in [-0.05, 0) is 44.9 Å². The van der Waals surface area contributed by atoms with E-state index < -0.39 is 0 Å². The van der Waals surface area contributed by atoms with Gasteiger partial charge in [-0.3, -0.25) is 4.40 Å². The largest absolute Gasteiger partial charge is 0.290 e. The van der Waals surface area contributed by atoms with Crippen molar-refractivity contribution in [3.8, 4) is 6.07 Å². The van der Waals surface area contributed by atoms with Gasteiger partial charge in [-0.15, -0.1) is 0 Å². The zero-order chi connectivity index (χ0) is 13.6. The predicted molar refractivity (Wildman–Crippen MR) is 78.4 cm³/mol. The van der Waals surface area contributed by atoms with Crippen LogP contribution in [-0.4, -0.2) is 9.38 Å². The molecule has 0 fully saturated rings. The molecule has 3 nitrogen and oxygen atoms in total. The minimum absolute atomic E-state index is 0.318. The third-order valence-corrected chi connectivity index (χ3v) is 4.25. The third-order valence-electron chi connectivity index (χ3n) is 3.23. The molecular weight excluding hydrogens is 254 g/mol. The normalized spacial score (nSPS) is 12.1. The van der Waals surface area contributed by atoms with Gasteiger partial charge >= 0.3 is 0 Å². The lowest BCUT2D eigenvalue weighted by atomic mass is 9.87. The van der Waals surface area contributed by atoms with Crippen molar-refractivity contribution < 1.29 is 0 Å². The molecule has 0 unspecified atom stereocenters. The molecule has 0 aliphatic heterocycles. The smallest absolute Gasteiger partial charge is 0.194 e. The molecule has 0 aliphatic carbocycles. The van der Waals surface area contributed by atoms with E-state index in [9.17, 15) is 0 Å². The van der Waals surface area contributed by atoms with Gasteiger partial charge in [-0.2, -0.15) is 5.26 Å². The molecule has 0 amide bonds. The second kappa shape index (κ2) is 4.07. The Hall–Kier alpha value is -1.86. The molecule has 0 bridgehead atoms. The summed E-state index contributed by atoms with van der Waals surface area (Å²) in [7, 11) is 0. The van der Waals surface area contributed by atoms with E-state index in [1.807, 2.05) is 20.8 Å². The predicted octanol–water partition coefficient (Wildman–Crippen LogP) is 3.95. The average Bonchev–Trinajstić information content (AvgIpc) is 2.84. The SMILES string of the molecule is Cc1cn2c(n1)sc1cc(CC(C)(C)C#N)ccc12. The highest BCUT2D eigenvalue weighted by Crippen LogP contribution is 2.29. The lowest BCUT2D eigenvalue weighted by molar-refractivity contribution is 0.494. The molecule has 1 aromatic carbocycles. The molecule has 19 heavy (non-hydrogen) atoms. The number of hydrogen-bond donors (Lipinski definition) is 0. The monoisotopic (exact) mass is 269 g/mol. The molecule has 4 heteroatoms. The third kappa shape index (κ3) is 2.11. The van der Waals surface area contributed by atoms with Crippen molar-refractivity contribution in [1.29, 1.82) is 5.26 Å². The first-order valence-corrected chi connectivity index (χ1v) is 7.08. The first-order chi connectivity index (χ1) is 8.98. The Morgan fingerprint density at radius 3 is 2.95 bits per heavy atom. The number of fused-ring (bicyclic) bond motifs is 3.